The lowest BCUT2D eigenvalue weighted by molar-refractivity contribution is -0.384. The van der Waals surface area contributed by atoms with E-state index < -0.39 is 22.8 Å². The maximum absolute atomic E-state index is 12.8. The van der Waals surface area contributed by atoms with Crippen molar-refractivity contribution in [3.05, 3.63) is 33.9 Å². The maximum atomic E-state index is 12.8. The summed E-state index contributed by atoms with van der Waals surface area (Å²) in [5, 5.41) is 23.8. The Morgan fingerprint density at radius 3 is 2.64 bits per heavy atom. The number of benzene rings is 1. The van der Waals surface area contributed by atoms with Gasteiger partial charge in [-0.3, -0.25) is 14.9 Å². The summed E-state index contributed by atoms with van der Waals surface area (Å²) in [6.07, 6.45) is 3.07. The zero-order chi connectivity index (χ0) is 18.1. The van der Waals surface area contributed by atoms with Crippen molar-refractivity contribution in [1.82, 2.24) is 4.90 Å². The van der Waals surface area contributed by atoms with Gasteiger partial charge in [0.2, 0.25) is 0 Å². The topological polar surface area (TPSA) is 113 Å². The molecule has 1 amide bonds. The van der Waals surface area contributed by atoms with E-state index in [-0.39, 0.29) is 23.2 Å². The number of likely N-dealkylation sites (tertiary alicyclic amines) is 1. The molecular weight excluding hydrogens is 326 g/mol. The van der Waals surface area contributed by atoms with Gasteiger partial charge in [0, 0.05) is 24.2 Å². The molecule has 1 aliphatic carbocycles. The highest BCUT2D eigenvalue weighted by Crippen LogP contribution is 2.32. The molecule has 0 radical (unpaired) electrons. The fraction of sp³-hybridized carbons (Fsp3) is 0.529. The van der Waals surface area contributed by atoms with Crippen LogP contribution in [-0.2, 0) is 4.79 Å². The number of nitrogens with one attached hydrogen (secondary N) is 1. The van der Waals surface area contributed by atoms with E-state index in [2.05, 4.69) is 5.32 Å². The highest BCUT2D eigenvalue weighted by molar-refractivity contribution is 5.98. The lowest BCUT2D eigenvalue weighted by Gasteiger charge is -2.36. The first-order chi connectivity index (χ1) is 11.9. The van der Waals surface area contributed by atoms with Crippen molar-refractivity contribution in [2.24, 2.45) is 5.92 Å². The van der Waals surface area contributed by atoms with E-state index in [1.807, 2.05) is 6.92 Å². The van der Waals surface area contributed by atoms with E-state index in [4.69, 9.17) is 0 Å². The van der Waals surface area contributed by atoms with Gasteiger partial charge in [-0.2, -0.15) is 0 Å². The van der Waals surface area contributed by atoms with E-state index >= 15 is 0 Å². The molecule has 134 valence electrons. The number of nitrogens with zero attached hydrogens (tertiary/aromatic N) is 2. The van der Waals surface area contributed by atoms with Crippen LogP contribution in [0.1, 0.15) is 43.0 Å². The van der Waals surface area contributed by atoms with Crippen LogP contribution in [0.25, 0.3) is 0 Å². The highest BCUT2D eigenvalue weighted by atomic mass is 16.6. The molecule has 1 aliphatic heterocycles. The van der Waals surface area contributed by atoms with Crippen LogP contribution in [0.3, 0.4) is 0 Å². The summed E-state index contributed by atoms with van der Waals surface area (Å²) < 4.78 is 0. The van der Waals surface area contributed by atoms with Crippen LogP contribution < -0.4 is 5.32 Å². The third kappa shape index (κ3) is 3.72. The van der Waals surface area contributed by atoms with Gasteiger partial charge in [0.05, 0.1) is 4.92 Å². The average molecular weight is 347 g/mol. The Labute approximate surface area is 145 Å². The Bertz CT molecular complexity index is 716. The number of carboxylic acid groups (broad SMARTS) is 1. The normalized spacial score (nSPS) is 23.2. The number of rotatable bonds is 5. The second kappa shape index (κ2) is 6.70. The molecule has 1 aromatic rings. The molecule has 8 heteroatoms. The predicted molar refractivity (Wildman–Crippen MR) is 90.6 cm³/mol. The number of carbonyl (C=O) groups excluding carboxylic acids is 1. The minimum absolute atomic E-state index is 0.147. The molecule has 2 atom stereocenters. The van der Waals surface area contributed by atoms with Gasteiger partial charge in [-0.1, -0.05) is 6.92 Å². The largest absolute Gasteiger partial charge is 0.480 e. The van der Waals surface area contributed by atoms with Gasteiger partial charge in [0.1, 0.15) is 11.7 Å². The molecule has 1 heterocycles. The number of anilines is 1. The highest BCUT2D eigenvalue weighted by Gasteiger charge is 2.36. The molecule has 0 spiro atoms. The van der Waals surface area contributed by atoms with Crippen molar-refractivity contribution in [2.75, 3.05) is 11.9 Å². The predicted octanol–water partition coefficient (Wildman–Crippen LogP) is 2.49. The van der Waals surface area contributed by atoms with E-state index in [0.717, 1.165) is 19.3 Å². The van der Waals surface area contributed by atoms with Crippen molar-refractivity contribution in [3.8, 4) is 0 Å². The van der Waals surface area contributed by atoms with Gasteiger partial charge in [-0.05, 0) is 43.7 Å². The zero-order valence-electron chi connectivity index (χ0n) is 14.0. The summed E-state index contributed by atoms with van der Waals surface area (Å²) in [4.78, 5) is 36.4. The van der Waals surface area contributed by atoms with Crippen molar-refractivity contribution >= 4 is 23.3 Å². The molecule has 2 unspecified atom stereocenters. The second-order valence-corrected chi connectivity index (χ2v) is 6.89. The van der Waals surface area contributed by atoms with Gasteiger partial charge >= 0.3 is 5.97 Å². The van der Waals surface area contributed by atoms with Gasteiger partial charge in [0.25, 0.3) is 11.6 Å². The molecule has 25 heavy (non-hydrogen) atoms. The Morgan fingerprint density at radius 2 is 2.04 bits per heavy atom. The van der Waals surface area contributed by atoms with Crippen LogP contribution in [0.15, 0.2) is 18.2 Å². The summed E-state index contributed by atoms with van der Waals surface area (Å²) in [6.45, 7) is 2.30. The number of hydrogen-bond acceptors (Lipinski definition) is 5. The Kier molecular flexibility index (Phi) is 4.61. The molecule has 0 aromatic heterocycles. The summed E-state index contributed by atoms with van der Waals surface area (Å²) in [7, 11) is 0. The molecule has 2 aliphatic rings. The Hall–Kier alpha value is -2.64. The summed E-state index contributed by atoms with van der Waals surface area (Å²) in [5.74, 6) is -1.29. The maximum Gasteiger partial charge on any atom is 0.326 e. The number of carboxylic acids is 1. The number of nitro benzene ring substituents is 1. The number of piperidine rings is 1. The first-order valence-corrected chi connectivity index (χ1v) is 8.45. The summed E-state index contributed by atoms with van der Waals surface area (Å²) in [6, 6.07) is 3.66. The number of nitro groups is 1. The standard InChI is InChI=1S/C17H21N3O5/c1-10-6-7-19(15(8-10)17(22)23)16(21)11-2-5-13(18-12-3-4-12)14(9-11)20(24)25/h2,5,9-10,12,15,18H,3-4,6-8H2,1H3,(H,22,23). The van der Waals surface area contributed by atoms with E-state index in [0.29, 0.717) is 18.7 Å². The van der Waals surface area contributed by atoms with Gasteiger partial charge in [-0.15, -0.1) is 0 Å². The first kappa shape index (κ1) is 17.2. The van der Waals surface area contributed by atoms with E-state index in [1.165, 1.54) is 23.1 Å². The third-order valence-electron chi connectivity index (χ3n) is 4.79. The van der Waals surface area contributed by atoms with Crippen LogP contribution in [0, 0.1) is 16.0 Å². The Balaban J connectivity index is 1.86. The summed E-state index contributed by atoms with van der Waals surface area (Å²) in [5.41, 5.74) is 0.384. The monoisotopic (exact) mass is 347 g/mol. The van der Waals surface area contributed by atoms with Crippen molar-refractivity contribution < 1.29 is 19.6 Å². The number of carbonyl (C=O) groups is 2. The van der Waals surface area contributed by atoms with Crippen LogP contribution in [-0.4, -0.2) is 45.4 Å². The summed E-state index contributed by atoms with van der Waals surface area (Å²) >= 11 is 0. The molecular formula is C17H21N3O5. The number of hydrogen-bond donors (Lipinski definition) is 2. The van der Waals surface area contributed by atoms with Gasteiger partial charge < -0.3 is 15.3 Å². The van der Waals surface area contributed by atoms with Crippen molar-refractivity contribution in [1.29, 1.82) is 0 Å². The minimum atomic E-state index is -1.04. The average Bonchev–Trinajstić information content (AvgIpc) is 3.38. The van der Waals surface area contributed by atoms with Crippen LogP contribution in [0.5, 0.6) is 0 Å². The van der Waals surface area contributed by atoms with Crippen LogP contribution >= 0.6 is 0 Å². The quantitative estimate of drug-likeness (QED) is 0.625. The van der Waals surface area contributed by atoms with Crippen molar-refractivity contribution in [3.63, 3.8) is 0 Å². The number of amides is 1. The molecule has 1 saturated heterocycles. The fourth-order valence-corrected chi connectivity index (χ4v) is 3.17. The minimum Gasteiger partial charge on any atom is -0.480 e. The molecule has 1 aromatic carbocycles. The van der Waals surface area contributed by atoms with Gasteiger partial charge in [-0.25, -0.2) is 4.79 Å². The van der Waals surface area contributed by atoms with Crippen LogP contribution in [0.2, 0.25) is 0 Å². The zero-order valence-corrected chi connectivity index (χ0v) is 14.0. The molecule has 3 rings (SSSR count). The third-order valence-corrected chi connectivity index (χ3v) is 4.79. The molecule has 1 saturated carbocycles. The molecule has 2 N–H and O–H groups in total. The van der Waals surface area contributed by atoms with Crippen molar-refractivity contribution in [2.45, 2.75) is 44.7 Å². The van der Waals surface area contributed by atoms with Crippen LogP contribution in [0.4, 0.5) is 11.4 Å². The van der Waals surface area contributed by atoms with E-state index in [9.17, 15) is 24.8 Å². The lowest BCUT2D eigenvalue weighted by Crippen LogP contribution is -2.49. The second-order valence-electron chi connectivity index (χ2n) is 6.89. The van der Waals surface area contributed by atoms with Gasteiger partial charge in [0.15, 0.2) is 0 Å². The SMILES string of the molecule is CC1CCN(C(=O)c2ccc(NC3CC3)c([N+](=O)[O-])c2)C(C(=O)O)C1. The fourth-order valence-electron chi connectivity index (χ4n) is 3.17. The smallest absolute Gasteiger partial charge is 0.326 e. The first-order valence-electron chi connectivity index (χ1n) is 8.45. The Morgan fingerprint density at radius 1 is 1.32 bits per heavy atom. The molecule has 0 bridgehead atoms. The van der Waals surface area contributed by atoms with E-state index in [1.54, 1.807) is 0 Å². The number of aliphatic carboxylic acids is 1. The molecule has 8 nitrogen and oxygen atoms in total. The molecule has 2 fully saturated rings. The lowest BCUT2D eigenvalue weighted by atomic mass is 9.92.